The number of carbonyl (C=O) groups is 2. The number of hydrogen-bond donors (Lipinski definition) is 0. The largest absolute Gasteiger partial charge is 0.444 e. The summed E-state index contributed by atoms with van der Waals surface area (Å²) in [4.78, 5) is 27.0. The molecule has 0 aromatic heterocycles. The molecule has 1 heterocycles. The van der Waals surface area contributed by atoms with E-state index in [-0.39, 0.29) is 18.0 Å². The molecule has 1 saturated heterocycles. The van der Waals surface area contributed by atoms with E-state index >= 15 is 0 Å². The summed E-state index contributed by atoms with van der Waals surface area (Å²) < 4.78 is 11.2. The Morgan fingerprint density at radius 2 is 1.85 bits per heavy atom. The summed E-state index contributed by atoms with van der Waals surface area (Å²) in [5.41, 5.74) is 0.554. The van der Waals surface area contributed by atoms with Gasteiger partial charge in [0, 0.05) is 5.41 Å². The van der Waals surface area contributed by atoms with Crippen LogP contribution in [0.25, 0.3) is 0 Å². The topological polar surface area (TPSA) is 55.8 Å². The summed E-state index contributed by atoms with van der Waals surface area (Å²) in [6.07, 6.45) is 4.26. The maximum Gasteiger partial charge on any atom is 0.413 e. The van der Waals surface area contributed by atoms with Crippen molar-refractivity contribution in [3.8, 4) is 0 Å². The first-order valence-electron chi connectivity index (χ1n) is 9.56. The molecule has 1 aromatic rings. The molecular weight excluding hydrogens is 330 g/mol. The first-order chi connectivity index (χ1) is 12.4. The Kier molecular flexibility index (Phi) is 5.54. The number of hydrogen-bond acceptors (Lipinski definition) is 4. The second kappa shape index (κ2) is 7.68. The SMILES string of the molecule is CC(C)(C)[C@@H]1OC(=O)[C@H](CC2CCCC2)N1C(=O)OCc1ccccc1. The Labute approximate surface area is 155 Å². The van der Waals surface area contributed by atoms with Crippen LogP contribution in [0.3, 0.4) is 0 Å². The molecule has 0 bridgehead atoms. The van der Waals surface area contributed by atoms with Crippen LogP contribution in [-0.2, 0) is 20.9 Å². The van der Waals surface area contributed by atoms with Gasteiger partial charge in [-0.3, -0.25) is 4.90 Å². The molecule has 2 fully saturated rings. The first kappa shape index (κ1) is 18.7. The quantitative estimate of drug-likeness (QED) is 0.743. The van der Waals surface area contributed by atoms with Gasteiger partial charge in [0.2, 0.25) is 0 Å². The molecule has 0 radical (unpaired) electrons. The van der Waals surface area contributed by atoms with Crippen molar-refractivity contribution >= 4 is 12.1 Å². The van der Waals surface area contributed by atoms with Gasteiger partial charge in [-0.15, -0.1) is 0 Å². The molecule has 0 spiro atoms. The molecule has 2 atom stereocenters. The Morgan fingerprint density at radius 1 is 1.19 bits per heavy atom. The van der Waals surface area contributed by atoms with Crippen LogP contribution in [-0.4, -0.2) is 29.2 Å². The van der Waals surface area contributed by atoms with E-state index in [4.69, 9.17) is 9.47 Å². The van der Waals surface area contributed by atoms with Gasteiger partial charge in [-0.25, -0.2) is 9.59 Å². The molecule has 3 rings (SSSR count). The van der Waals surface area contributed by atoms with Crippen LogP contribution in [0.5, 0.6) is 0 Å². The van der Waals surface area contributed by atoms with E-state index in [1.54, 1.807) is 4.90 Å². The Balaban J connectivity index is 1.74. The molecule has 142 valence electrons. The van der Waals surface area contributed by atoms with Crippen LogP contribution in [0.1, 0.15) is 58.4 Å². The highest BCUT2D eigenvalue weighted by Crippen LogP contribution is 2.38. The second-order valence-electron chi connectivity index (χ2n) is 8.50. The van der Waals surface area contributed by atoms with Gasteiger partial charge in [0.05, 0.1) is 0 Å². The molecular formula is C21H29NO4. The molecule has 26 heavy (non-hydrogen) atoms. The van der Waals surface area contributed by atoms with Gasteiger partial charge in [-0.2, -0.15) is 0 Å². The van der Waals surface area contributed by atoms with Gasteiger partial charge in [-0.05, 0) is 17.9 Å². The van der Waals surface area contributed by atoms with E-state index in [2.05, 4.69) is 0 Å². The first-order valence-corrected chi connectivity index (χ1v) is 9.56. The lowest BCUT2D eigenvalue weighted by molar-refractivity contribution is -0.147. The van der Waals surface area contributed by atoms with Crippen molar-refractivity contribution in [1.29, 1.82) is 0 Å². The number of carbonyl (C=O) groups excluding carboxylic acids is 2. The summed E-state index contributed by atoms with van der Waals surface area (Å²) in [5.74, 6) is 0.184. The zero-order valence-corrected chi connectivity index (χ0v) is 15.9. The van der Waals surface area contributed by atoms with Crippen LogP contribution in [0.4, 0.5) is 4.79 Å². The fraction of sp³-hybridized carbons (Fsp3) is 0.619. The number of cyclic esters (lactones) is 1. The third-order valence-electron chi connectivity index (χ3n) is 5.28. The molecule has 1 saturated carbocycles. The number of nitrogens with zero attached hydrogens (tertiary/aromatic N) is 1. The normalized spacial score (nSPS) is 24.0. The number of amides is 1. The molecule has 5 nitrogen and oxygen atoms in total. The lowest BCUT2D eigenvalue weighted by atomic mass is 9.92. The van der Waals surface area contributed by atoms with Gasteiger partial charge in [0.15, 0.2) is 6.23 Å². The van der Waals surface area contributed by atoms with Crippen LogP contribution < -0.4 is 0 Å². The highest BCUT2D eigenvalue weighted by atomic mass is 16.6. The third kappa shape index (κ3) is 4.19. The molecule has 5 heteroatoms. The van der Waals surface area contributed by atoms with Gasteiger partial charge in [0.25, 0.3) is 0 Å². The molecule has 1 aromatic carbocycles. The molecule has 1 aliphatic heterocycles. The van der Waals surface area contributed by atoms with Crippen molar-refractivity contribution < 1.29 is 19.1 Å². The fourth-order valence-corrected chi connectivity index (χ4v) is 3.90. The zero-order chi connectivity index (χ0) is 18.7. The minimum absolute atomic E-state index is 0.192. The summed E-state index contributed by atoms with van der Waals surface area (Å²) in [6, 6.07) is 9.03. The molecule has 1 amide bonds. The Hall–Kier alpha value is -2.04. The summed E-state index contributed by atoms with van der Waals surface area (Å²) >= 11 is 0. The monoisotopic (exact) mass is 359 g/mol. The van der Waals surface area contributed by atoms with E-state index in [0.717, 1.165) is 18.4 Å². The van der Waals surface area contributed by atoms with Crippen LogP contribution >= 0.6 is 0 Å². The molecule has 0 N–H and O–H groups in total. The number of benzene rings is 1. The van der Waals surface area contributed by atoms with E-state index in [9.17, 15) is 9.59 Å². The van der Waals surface area contributed by atoms with E-state index in [1.165, 1.54) is 12.8 Å². The predicted molar refractivity (Wildman–Crippen MR) is 98.2 cm³/mol. The van der Waals surface area contributed by atoms with E-state index < -0.39 is 18.4 Å². The zero-order valence-electron chi connectivity index (χ0n) is 15.9. The van der Waals surface area contributed by atoms with Crippen molar-refractivity contribution in [2.75, 3.05) is 0 Å². The molecule has 1 aliphatic carbocycles. The van der Waals surface area contributed by atoms with Crippen molar-refractivity contribution in [1.82, 2.24) is 4.90 Å². The lowest BCUT2D eigenvalue weighted by Gasteiger charge is -2.34. The number of esters is 1. The van der Waals surface area contributed by atoms with Gasteiger partial charge in [0.1, 0.15) is 12.6 Å². The van der Waals surface area contributed by atoms with Crippen LogP contribution in [0.2, 0.25) is 0 Å². The van der Waals surface area contributed by atoms with Crippen molar-refractivity contribution in [2.24, 2.45) is 11.3 Å². The van der Waals surface area contributed by atoms with Crippen molar-refractivity contribution in [3.05, 3.63) is 35.9 Å². The summed E-state index contributed by atoms with van der Waals surface area (Å²) in [7, 11) is 0. The summed E-state index contributed by atoms with van der Waals surface area (Å²) in [5, 5.41) is 0. The third-order valence-corrected chi connectivity index (χ3v) is 5.28. The molecule has 2 aliphatic rings. The minimum Gasteiger partial charge on any atom is -0.444 e. The van der Waals surface area contributed by atoms with E-state index in [1.807, 2.05) is 51.1 Å². The number of rotatable bonds is 4. The average molecular weight is 359 g/mol. The van der Waals surface area contributed by atoms with Gasteiger partial charge >= 0.3 is 12.1 Å². The fourth-order valence-electron chi connectivity index (χ4n) is 3.90. The Bertz CT molecular complexity index is 631. The maximum atomic E-state index is 12.9. The van der Waals surface area contributed by atoms with Crippen molar-refractivity contribution in [2.45, 2.75) is 71.8 Å². The van der Waals surface area contributed by atoms with Gasteiger partial charge < -0.3 is 9.47 Å². The summed E-state index contributed by atoms with van der Waals surface area (Å²) in [6.45, 7) is 6.11. The second-order valence-corrected chi connectivity index (χ2v) is 8.50. The highest BCUT2D eigenvalue weighted by molar-refractivity contribution is 5.84. The smallest absolute Gasteiger partial charge is 0.413 e. The van der Waals surface area contributed by atoms with Crippen molar-refractivity contribution in [3.63, 3.8) is 0 Å². The molecule has 0 unspecified atom stereocenters. The number of ether oxygens (including phenoxy) is 2. The van der Waals surface area contributed by atoms with Gasteiger partial charge in [-0.1, -0.05) is 76.8 Å². The standard InChI is InChI=1S/C21H29NO4/c1-21(2,3)19-22(20(24)25-14-16-11-5-4-6-12-16)17(18(23)26-19)13-15-9-7-8-10-15/h4-6,11-12,15,17,19H,7-10,13-14H2,1-3H3/t17-,19-/m0/s1. The highest BCUT2D eigenvalue weighted by Gasteiger charge is 2.51. The average Bonchev–Trinajstić information content (AvgIpc) is 3.22. The Morgan fingerprint density at radius 3 is 2.46 bits per heavy atom. The van der Waals surface area contributed by atoms with Crippen LogP contribution in [0.15, 0.2) is 30.3 Å². The minimum atomic E-state index is -0.593. The van der Waals surface area contributed by atoms with E-state index in [0.29, 0.717) is 12.3 Å². The maximum absolute atomic E-state index is 12.9. The predicted octanol–water partition coefficient (Wildman–Crippen LogP) is 4.50. The lowest BCUT2D eigenvalue weighted by Crippen LogP contribution is -2.48. The van der Waals surface area contributed by atoms with Crippen LogP contribution in [0, 0.1) is 11.3 Å².